The molecular formula is C26H30N2O. The molecule has 29 heavy (non-hydrogen) atoms. The van der Waals surface area contributed by atoms with Crippen LogP contribution in [0.25, 0.3) is 16.8 Å². The number of benzene rings is 3. The zero-order valence-corrected chi connectivity index (χ0v) is 17.5. The Bertz CT molecular complexity index is 972. The van der Waals surface area contributed by atoms with Gasteiger partial charge in [0.25, 0.3) is 0 Å². The SMILES string of the molecule is COc1ccc(CN2CCN(C/C(C)=C/c3ccccc3)CC2)c2ccccc12. The van der Waals surface area contributed by atoms with Crippen molar-refractivity contribution in [3.05, 3.63) is 83.4 Å². The fraction of sp³-hybridized carbons (Fsp3) is 0.308. The van der Waals surface area contributed by atoms with E-state index in [1.807, 2.05) is 0 Å². The van der Waals surface area contributed by atoms with Gasteiger partial charge in [0, 0.05) is 44.7 Å². The number of fused-ring (bicyclic) bond motifs is 1. The van der Waals surface area contributed by atoms with Crippen LogP contribution in [-0.2, 0) is 6.54 Å². The van der Waals surface area contributed by atoms with E-state index in [0.717, 1.165) is 45.0 Å². The number of hydrogen-bond donors (Lipinski definition) is 0. The third-order valence-electron chi connectivity index (χ3n) is 5.74. The highest BCUT2D eigenvalue weighted by molar-refractivity contribution is 5.91. The highest BCUT2D eigenvalue weighted by Crippen LogP contribution is 2.29. The number of piperazine rings is 1. The average molecular weight is 387 g/mol. The maximum atomic E-state index is 5.54. The number of ether oxygens (including phenoxy) is 1. The lowest BCUT2D eigenvalue weighted by Gasteiger charge is -2.35. The van der Waals surface area contributed by atoms with Gasteiger partial charge in [0.05, 0.1) is 7.11 Å². The molecule has 3 nitrogen and oxygen atoms in total. The Morgan fingerprint density at radius 1 is 0.828 bits per heavy atom. The summed E-state index contributed by atoms with van der Waals surface area (Å²) in [6.45, 7) is 8.74. The molecule has 0 saturated carbocycles. The van der Waals surface area contributed by atoms with E-state index in [2.05, 4.69) is 89.5 Å². The summed E-state index contributed by atoms with van der Waals surface area (Å²) in [6, 6.07) is 23.5. The van der Waals surface area contributed by atoms with Gasteiger partial charge in [-0.3, -0.25) is 9.80 Å². The summed E-state index contributed by atoms with van der Waals surface area (Å²) in [5.41, 5.74) is 4.09. The summed E-state index contributed by atoms with van der Waals surface area (Å²) in [7, 11) is 1.74. The van der Waals surface area contributed by atoms with E-state index >= 15 is 0 Å². The highest BCUT2D eigenvalue weighted by Gasteiger charge is 2.18. The first-order valence-corrected chi connectivity index (χ1v) is 10.4. The Labute approximate surface area is 174 Å². The topological polar surface area (TPSA) is 15.7 Å². The van der Waals surface area contributed by atoms with Gasteiger partial charge in [-0.15, -0.1) is 0 Å². The van der Waals surface area contributed by atoms with Crippen molar-refractivity contribution in [1.82, 2.24) is 9.80 Å². The van der Waals surface area contributed by atoms with Crippen LogP contribution in [0, 0.1) is 0 Å². The van der Waals surface area contributed by atoms with Crippen LogP contribution in [0.1, 0.15) is 18.1 Å². The molecule has 150 valence electrons. The predicted octanol–water partition coefficient (Wildman–Crippen LogP) is 5.07. The van der Waals surface area contributed by atoms with Gasteiger partial charge in [-0.25, -0.2) is 0 Å². The summed E-state index contributed by atoms with van der Waals surface area (Å²) in [4.78, 5) is 5.14. The van der Waals surface area contributed by atoms with Gasteiger partial charge in [-0.1, -0.05) is 72.3 Å². The zero-order chi connectivity index (χ0) is 20.1. The molecule has 1 saturated heterocycles. The lowest BCUT2D eigenvalue weighted by molar-refractivity contribution is 0.135. The van der Waals surface area contributed by atoms with E-state index in [0.29, 0.717) is 0 Å². The van der Waals surface area contributed by atoms with Crippen molar-refractivity contribution < 1.29 is 4.74 Å². The normalized spacial score (nSPS) is 16.3. The monoisotopic (exact) mass is 386 g/mol. The zero-order valence-electron chi connectivity index (χ0n) is 17.5. The van der Waals surface area contributed by atoms with Crippen molar-refractivity contribution in [3.63, 3.8) is 0 Å². The highest BCUT2D eigenvalue weighted by atomic mass is 16.5. The van der Waals surface area contributed by atoms with Gasteiger partial charge in [-0.05, 0) is 29.5 Å². The van der Waals surface area contributed by atoms with E-state index in [1.165, 1.54) is 27.5 Å². The molecule has 0 aromatic heterocycles. The molecule has 0 N–H and O–H groups in total. The van der Waals surface area contributed by atoms with Crippen molar-refractivity contribution in [3.8, 4) is 5.75 Å². The molecule has 3 aromatic rings. The van der Waals surface area contributed by atoms with Crippen LogP contribution in [-0.4, -0.2) is 49.6 Å². The van der Waals surface area contributed by atoms with Crippen LogP contribution < -0.4 is 4.74 Å². The third kappa shape index (κ3) is 4.87. The second-order valence-corrected chi connectivity index (χ2v) is 7.93. The minimum Gasteiger partial charge on any atom is -0.496 e. The maximum absolute atomic E-state index is 5.54. The van der Waals surface area contributed by atoms with E-state index in [4.69, 9.17) is 4.74 Å². The number of nitrogens with zero attached hydrogens (tertiary/aromatic N) is 2. The largest absolute Gasteiger partial charge is 0.496 e. The number of methoxy groups -OCH3 is 1. The summed E-state index contributed by atoms with van der Waals surface area (Å²) >= 11 is 0. The predicted molar refractivity (Wildman–Crippen MR) is 122 cm³/mol. The molecule has 3 heteroatoms. The first-order valence-electron chi connectivity index (χ1n) is 10.4. The molecule has 1 heterocycles. The van der Waals surface area contributed by atoms with Crippen LogP contribution in [0.3, 0.4) is 0 Å². The van der Waals surface area contributed by atoms with Crippen LogP contribution in [0.4, 0.5) is 0 Å². The second-order valence-electron chi connectivity index (χ2n) is 7.93. The van der Waals surface area contributed by atoms with Gasteiger partial charge >= 0.3 is 0 Å². The van der Waals surface area contributed by atoms with Gasteiger partial charge in [0.15, 0.2) is 0 Å². The Kier molecular flexibility index (Phi) is 6.28. The van der Waals surface area contributed by atoms with Gasteiger partial charge in [-0.2, -0.15) is 0 Å². The molecule has 1 aliphatic heterocycles. The Morgan fingerprint density at radius 3 is 2.21 bits per heavy atom. The Morgan fingerprint density at radius 2 is 1.48 bits per heavy atom. The molecule has 4 rings (SSSR count). The second kappa shape index (κ2) is 9.25. The third-order valence-corrected chi connectivity index (χ3v) is 5.74. The van der Waals surface area contributed by atoms with Gasteiger partial charge in [0.1, 0.15) is 5.75 Å². The van der Waals surface area contributed by atoms with Crippen LogP contribution >= 0.6 is 0 Å². The van der Waals surface area contributed by atoms with Crippen molar-refractivity contribution in [2.75, 3.05) is 39.8 Å². The summed E-state index contributed by atoms with van der Waals surface area (Å²) < 4.78 is 5.54. The van der Waals surface area contributed by atoms with Crippen molar-refractivity contribution in [2.24, 2.45) is 0 Å². The molecule has 1 aliphatic rings. The molecule has 0 unspecified atom stereocenters. The quantitative estimate of drug-likeness (QED) is 0.588. The molecule has 0 atom stereocenters. The fourth-order valence-electron chi connectivity index (χ4n) is 4.23. The van der Waals surface area contributed by atoms with Crippen LogP contribution in [0.15, 0.2) is 72.3 Å². The molecular weight excluding hydrogens is 356 g/mol. The summed E-state index contributed by atoms with van der Waals surface area (Å²) in [5, 5.41) is 2.50. The van der Waals surface area contributed by atoms with E-state index in [9.17, 15) is 0 Å². The van der Waals surface area contributed by atoms with Gasteiger partial charge in [0.2, 0.25) is 0 Å². The minimum absolute atomic E-state index is 0.954. The lowest BCUT2D eigenvalue weighted by atomic mass is 10.0. The maximum Gasteiger partial charge on any atom is 0.126 e. The minimum atomic E-state index is 0.954. The molecule has 3 aromatic carbocycles. The fourth-order valence-corrected chi connectivity index (χ4v) is 4.23. The molecule has 0 radical (unpaired) electrons. The van der Waals surface area contributed by atoms with Crippen LogP contribution in [0.2, 0.25) is 0 Å². The first-order chi connectivity index (χ1) is 14.2. The van der Waals surface area contributed by atoms with Crippen LogP contribution in [0.5, 0.6) is 5.75 Å². The Hall–Kier alpha value is -2.62. The van der Waals surface area contributed by atoms with Crippen molar-refractivity contribution in [1.29, 1.82) is 0 Å². The standard InChI is InChI=1S/C26H30N2O/c1-21(18-22-8-4-3-5-9-22)19-27-14-16-28(17-15-27)20-23-12-13-26(29-2)25-11-7-6-10-24(23)25/h3-13,18H,14-17,19-20H2,1-2H3/b21-18+. The molecule has 1 fully saturated rings. The van der Waals surface area contributed by atoms with Crippen molar-refractivity contribution in [2.45, 2.75) is 13.5 Å². The van der Waals surface area contributed by atoms with E-state index < -0.39 is 0 Å². The number of rotatable bonds is 6. The molecule has 0 spiro atoms. The average Bonchev–Trinajstić information content (AvgIpc) is 2.76. The summed E-state index contributed by atoms with van der Waals surface area (Å²) in [5.74, 6) is 0.954. The molecule has 0 bridgehead atoms. The summed E-state index contributed by atoms with van der Waals surface area (Å²) in [6.07, 6.45) is 2.30. The smallest absolute Gasteiger partial charge is 0.126 e. The molecule has 0 aliphatic carbocycles. The van der Waals surface area contributed by atoms with Gasteiger partial charge < -0.3 is 4.74 Å². The first kappa shape index (κ1) is 19.7. The van der Waals surface area contributed by atoms with E-state index in [-0.39, 0.29) is 0 Å². The van der Waals surface area contributed by atoms with E-state index in [1.54, 1.807) is 7.11 Å². The lowest BCUT2D eigenvalue weighted by Crippen LogP contribution is -2.46. The molecule has 0 amide bonds. The Balaban J connectivity index is 1.36. The van der Waals surface area contributed by atoms with Crippen molar-refractivity contribution >= 4 is 16.8 Å². The number of hydrogen-bond acceptors (Lipinski definition) is 3.